The highest BCUT2D eigenvalue weighted by molar-refractivity contribution is 9.10. The zero-order chi connectivity index (χ0) is 21.6. The molecule has 7 nitrogen and oxygen atoms in total. The maximum Gasteiger partial charge on any atom is 0.335 e. The van der Waals surface area contributed by atoms with Crippen LogP contribution in [0, 0.1) is 25.2 Å². The highest BCUT2D eigenvalue weighted by atomic mass is 79.9. The first-order valence-corrected chi connectivity index (χ1v) is 10.9. The number of nitriles is 1. The summed E-state index contributed by atoms with van der Waals surface area (Å²) in [5.41, 5.74) is 2.22. The molecule has 0 radical (unpaired) electrons. The standard InChI is InChI=1S/C21H17BrN4O3S/c1-10-6-15(22)16(7-11(10)2)26-20(28)14(18(27)25-21(26)29)9-24-19-13(8-23)12-4-3-5-17(12)30-19/h6-7,9,28H,3-5H2,1-2H3,(H,25,27,29)/b24-9+. The quantitative estimate of drug-likeness (QED) is 0.550. The third-order valence-electron chi connectivity index (χ3n) is 5.25. The van der Waals surface area contributed by atoms with Gasteiger partial charge >= 0.3 is 5.69 Å². The van der Waals surface area contributed by atoms with Crippen molar-refractivity contribution in [3.05, 3.63) is 70.1 Å². The third-order valence-corrected chi connectivity index (χ3v) is 7.09. The Bertz CT molecular complexity index is 1370. The van der Waals surface area contributed by atoms with Crippen LogP contribution in [0.25, 0.3) is 5.69 Å². The molecule has 2 N–H and O–H groups in total. The van der Waals surface area contributed by atoms with Crippen LogP contribution in [0.5, 0.6) is 5.88 Å². The first-order chi connectivity index (χ1) is 14.3. The summed E-state index contributed by atoms with van der Waals surface area (Å²) in [6.45, 7) is 3.82. The molecule has 1 aliphatic rings. The van der Waals surface area contributed by atoms with E-state index in [9.17, 15) is 20.0 Å². The van der Waals surface area contributed by atoms with Gasteiger partial charge in [-0.25, -0.2) is 14.4 Å². The van der Waals surface area contributed by atoms with Crippen LogP contribution in [0.2, 0.25) is 0 Å². The molecule has 0 aliphatic heterocycles. The smallest absolute Gasteiger partial charge is 0.335 e. The molecule has 0 unspecified atom stereocenters. The second kappa shape index (κ2) is 7.70. The average Bonchev–Trinajstić information content (AvgIpc) is 3.26. The van der Waals surface area contributed by atoms with Crippen LogP contribution in [0.1, 0.15) is 39.1 Å². The lowest BCUT2D eigenvalue weighted by atomic mass is 10.1. The number of aromatic nitrogens is 2. The van der Waals surface area contributed by atoms with E-state index in [1.54, 1.807) is 6.07 Å². The molecule has 0 amide bonds. The van der Waals surface area contributed by atoms with Crippen LogP contribution in [0.3, 0.4) is 0 Å². The molecule has 0 atom stereocenters. The Morgan fingerprint density at radius 2 is 2.03 bits per heavy atom. The molecular weight excluding hydrogens is 468 g/mol. The summed E-state index contributed by atoms with van der Waals surface area (Å²) < 4.78 is 1.62. The molecule has 152 valence electrons. The zero-order valence-electron chi connectivity index (χ0n) is 16.2. The van der Waals surface area contributed by atoms with Crippen LogP contribution < -0.4 is 11.2 Å². The zero-order valence-corrected chi connectivity index (χ0v) is 18.6. The first-order valence-electron chi connectivity index (χ1n) is 9.26. The second-order valence-electron chi connectivity index (χ2n) is 7.13. The molecule has 30 heavy (non-hydrogen) atoms. The SMILES string of the molecule is Cc1cc(Br)c(-n2c(O)c(/C=N/c3sc4c(c3C#N)CCC4)c(=O)[nH]c2=O)cc1C. The molecule has 0 spiro atoms. The Hall–Kier alpha value is -2.96. The van der Waals surface area contributed by atoms with Crippen molar-refractivity contribution in [1.29, 1.82) is 5.26 Å². The molecule has 3 aromatic rings. The van der Waals surface area contributed by atoms with Gasteiger partial charge in [-0.1, -0.05) is 0 Å². The lowest BCUT2D eigenvalue weighted by Gasteiger charge is -2.13. The summed E-state index contributed by atoms with van der Waals surface area (Å²) in [6.07, 6.45) is 4.00. The summed E-state index contributed by atoms with van der Waals surface area (Å²) in [5, 5.41) is 20.8. The summed E-state index contributed by atoms with van der Waals surface area (Å²) in [6, 6.07) is 5.78. The average molecular weight is 485 g/mol. The van der Waals surface area contributed by atoms with Gasteiger partial charge in [0, 0.05) is 15.6 Å². The Labute approximate surface area is 184 Å². The minimum absolute atomic E-state index is 0.155. The van der Waals surface area contributed by atoms with E-state index in [-0.39, 0.29) is 5.56 Å². The van der Waals surface area contributed by atoms with Crippen LogP contribution in [0.15, 0.2) is 31.2 Å². The van der Waals surface area contributed by atoms with E-state index < -0.39 is 17.1 Å². The number of thiophene rings is 1. The molecule has 2 aromatic heterocycles. The number of aryl methyl sites for hydroxylation is 3. The molecule has 9 heteroatoms. The number of hydrogen-bond donors (Lipinski definition) is 2. The number of halogens is 1. The van der Waals surface area contributed by atoms with E-state index in [2.05, 4.69) is 32.0 Å². The van der Waals surface area contributed by atoms with Crippen molar-refractivity contribution in [2.24, 2.45) is 4.99 Å². The fourth-order valence-electron chi connectivity index (χ4n) is 3.53. The molecule has 1 aromatic carbocycles. The molecule has 0 saturated heterocycles. The summed E-state index contributed by atoms with van der Waals surface area (Å²) in [5.74, 6) is -0.515. The summed E-state index contributed by atoms with van der Waals surface area (Å²) in [7, 11) is 0. The van der Waals surface area contributed by atoms with Gasteiger partial charge in [-0.3, -0.25) is 9.78 Å². The molecule has 0 bridgehead atoms. The van der Waals surface area contributed by atoms with Crippen LogP contribution in [-0.4, -0.2) is 20.9 Å². The Kier molecular flexibility index (Phi) is 5.22. The van der Waals surface area contributed by atoms with Gasteiger partial charge in [0.2, 0.25) is 5.88 Å². The van der Waals surface area contributed by atoms with Crippen LogP contribution in [-0.2, 0) is 12.8 Å². The van der Waals surface area contributed by atoms with Gasteiger partial charge in [0.15, 0.2) is 0 Å². The number of nitrogens with zero attached hydrogens (tertiary/aromatic N) is 3. The summed E-state index contributed by atoms with van der Waals surface area (Å²) >= 11 is 4.84. The van der Waals surface area contributed by atoms with E-state index in [1.165, 1.54) is 17.6 Å². The minimum Gasteiger partial charge on any atom is -0.493 e. The largest absolute Gasteiger partial charge is 0.493 e. The number of nitrogens with one attached hydrogen (secondary N) is 1. The molecular formula is C21H17BrN4O3S. The van der Waals surface area contributed by atoms with Gasteiger partial charge in [0.25, 0.3) is 5.56 Å². The number of rotatable bonds is 3. The number of aromatic amines is 1. The second-order valence-corrected chi connectivity index (χ2v) is 9.07. The van der Waals surface area contributed by atoms with Crippen LogP contribution in [0.4, 0.5) is 5.00 Å². The number of aromatic hydroxyl groups is 1. The molecule has 4 rings (SSSR count). The lowest BCUT2D eigenvalue weighted by Crippen LogP contribution is -2.31. The number of aliphatic imine (C=N–C) groups is 1. The van der Waals surface area contributed by atoms with Gasteiger partial charge in [-0.2, -0.15) is 5.26 Å². The monoisotopic (exact) mass is 484 g/mol. The van der Waals surface area contributed by atoms with Gasteiger partial charge in [0.05, 0.1) is 11.3 Å². The van der Waals surface area contributed by atoms with Crippen molar-refractivity contribution in [1.82, 2.24) is 9.55 Å². The predicted molar refractivity (Wildman–Crippen MR) is 120 cm³/mol. The van der Waals surface area contributed by atoms with E-state index in [1.807, 2.05) is 19.9 Å². The molecule has 1 aliphatic carbocycles. The van der Waals surface area contributed by atoms with Crippen molar-refractivity contribution in [3.63, 3.8) is 0 Å². The van der Waals surface area contributed by atoms with Crippen LogP contribution >= 0.6 is 27.3 Å². The highest BCUT2D eigenvalue weighted by Crippen LogP contribution is 2.40. The van der Waals surface area contributed by atoms with Crippen molar-refractivity contribution >= 4 is 38.5 Å². The Balaban J connectivity index is 1.86. The maximum atomic E-state index is 12.5. The Morgan fingerprint density at radius 3 is 2.77 bits per heavy atom. The minimum atomic E-state index is -0.758. The predicted octanol–water partition coefficient (Wildman–Crippen LogP) is 3.78. The van der Waals surface area contributed by atoms with Crippen molar-refractivity contribution in [2.75, 3.05) is 0 Å². The fraction of sp³-hybridized carbons (Fsp3) is 0.238. The fourth-order valence-corrected chi connectivity index (χ4v) is 5.35. The van der Waals surface area contributed by atoms with Gasteiger partial charge in [-0.15, -0.1) is 11.3 Å². The molecule has 0 saturated carbocycles. The highest BCUT2D eigenvalue weighted by Gasteiger charge is 2.22. The maximum absolute atomic E-state index is 12.5. The number of hydrogen-bond acceptors (Lipinski definition) is 6. The topological polar surface area (TPSA) is 111 Å². The van der Waals surface area contributed by atoms with Crippen molar-refractivity contribution in [2.45, 2.75) is 33.1 Å². The van der Waals surface area contributed by atoms with Gasteiger partial charge in [0.1, 0.15) is 16.6 Å². The van der Waals surface area contributed by atoms with E-state index >= 15 is 0 Å². The normalized spacial score (nSPS) is 13.0. The van der Waals surface area contributed by atoms with Crippen molar-refractivity contribution < 1.29 is 5.11 Å². The third kappa shape index (κ3) is 3.32. The Morgan fingerprint density at radius 1 is 1.30 bits per heavy atom. The molecule has 0 fully saturated rings. The number of H-pyrrole nitrogens is 1. The summed E-state index contributed by atoms with van der Waals surface area (Å²) in [4.78, 5) is 32.5. The molecule has 2 heterocycles. The van der Waals surface area contributed by atoms with Gasteiger partial charge < -0.3 is 5.11 Å². The number of fused-ring (bicyclic) bond motifs is 1. The number of benzene rings is 1. The van der Waals surface area contributed by atoms with Crippen molar-refractivity contribution in [3.8, 4) is 17.6 Å². The van der Waals surface area contributed by atoms with Gasteiger partial charge in [-0.05, 0) is 77.9 Å². The van der Waals surface area contributed by atoms with E-state index in [0.29, 0.717) is 20.7 Å². The van der Waals surface area contributed by atoms with E-state index in [4.69, 9.17) is 0 Å². The first kappa shape index (κ1) is 20.3. The lowest BCUT2D eigenvalue weighted by molar-refractivity contribution is 0.430. The van der Waals surface area contributed by atoms with E-state index in [0.717, 1.165) is 45.4 Å².